The summed E-state index contributed by atoms with van der Waals surface area (Å²) in [6.07, 6.45) is 8.34. The van der Waals surface area contributed by atoms with Crippen LogP contribution in [0.2, 0.25) is 0 Å². The van der Waals surface area contributed by atoms with E-state index in [0.29, 0.717) is 18.2 Å². The minimum Gasteiger partial charge on any atom is -0.349 e. The zero-order chi connectivity index (χ0) is 13.5. The van der Waals surface area contributed by atoms with E-state index in [4.69, 9.17) is 5.73 Å². The van der Waals surface area contributed by atoms with Crippen molar-refractivity contribution < 1.29 is 4.79 Å². The standard InChI is InChI=1S/C14H18N4O/c1-9-6-16-7-12(18-9)13(19)17-8-14(15)3-2-10-4-11(10)5-14/h2,6-7,11H,3-5,8,15H2,1H3,(H,17,19). The highest BCUT2D eigenvalue weighted by Crippen LogP contribution is 2.47. The van der Waals surface area contributed by atoms with Crippen LogP contribution in [-0.2, 0) is 0 Å². The summed E-state index contributed by atoms with van der Waals surface area (Å²) < 4.78 is 0. The van der Waals surface area contributed by atoms with Gasteiger partial charge in [-0.3, -0.25) is 9.78 Å². The first-order valence-electron chi connectivity index (χ1n) is 6.60. The van der Waals surface area contributed by atoms with E-state index in [-0.39, 0.29) is 11.4 Å². The molecule has 2 unspecified atom stereocenters. The lowest BCUT2D eigenvalue weighted by Gasteiger charge is -2.30. The van der Waals surface area contributed by atoms with Gasteiger partial charge in [-0.05, 0) is 32.1 Å². The fraction of sp³-hybridized carbons (Fsp3) is 0.500. The molecule has 100 valence electrons. The molecule has 0 aromatic carbocycles. The van der Waals surface area contributed by atoms with Gasteiger partial charge in [0, 0.05) is 18.3 Å². The van der Waals surface area contributed by atoms with Crippen molar-refractivity contribution in [2.24, 2.45) is 11.7 Å². The predicted molar refractivity (Wildman–Crippen MR) is 71.4 cm³/mol. The van der Waals surface area contributed by atoms with E-state index in [0.717, 1.165) is 18.5 Å². The van der Waals surface area contributed by atoms with Crippen LogP contribution >= 0.6 is 0 Å². The summed E-state index contributed by atoms with van der Waals surface area (Å²) in [7, 11) is 0. The molecule has 5 heteroatoms. The molecule has 5 nitrogen and oxygen atoms in total. The second-order valence-electron chi connectivity index (χ2n) is 5.68. The Labute approximate surface area is 112 Å². The summed E-state index contributed by atoms with van der Waals surface area (Å²) in [5.41, 5.74) is 8.65. The molecule has 1 heterocycles. The molecule has 2 aliphatic rings. The first-order chi connectivity index (χ1) is 9.06. The third kappa shape index (κ3) is 2.66. The van der Waals surface area contributed by atoms with Crippen molar-refractivity contribution in [1.29, 1.82) is 0 Å². The number of allylic oxidation sites excluding steroid dienone is 1. The summed E-state index contributed by atoms with van der Waals surface area (Å²) >= 11 is 0. The van der Waals surface area contributed by atoms with Gasteiger partial charge in [0.15, 0.2) is 0 Å². The van der Waals surface area contributed by atoms with Crippen LogP contribution < -0.4 is 11.1 Å². The number of nitrogens with zero attached hydrogens (tertiary/aromatic N) is 2. The summed E-state index contributed by atoms with van der Waals surface area (Å²) in [6, 6.07) is 0. The van der Waals surface area contributed by atoms with E-state index in [1.54, 1.807) is 6.20 Å². The van der Waals surface area contributed by atoms with Gasteiger partial charge in [0.2, 0.25) is 0 Å². The molecule has 0 radical (unpaired) electrons. The summed E-state index contributed by atoms with van der Waals surface area (Å²) in [6.45, 7) is 2.30. The molecule has 1 aromatic heterocycles. The quantitative estimate of drug-likeness (QED) is 0.791. The molecule has 0 aliphatic heterocycles. The average Bonchev–Trinajstić information content (AvgIpc) is 3.14. The van der Waals surface area contributed by atoms with Gasteiger partial charge in [-0.2, -0.15) is 0 Å². The van der Waals surface area contributed by atoms with Crippen molar-refractivity contribution in [3.05, 3.63) is 35.4 Å². The van der Waals surface area contributed by atoms with Crippen LogP contribution in [0.4, 0.5) is 0 Å². The molecule has 3 N–H and O–H groups in total. The van der Waals surface area contributed by atoms with E-state index in [2.05, 4.69) is 21.4 Å². The topological polar surface area (TPSA) is 80.9 Å². The molecular formula is C14H18N4O. The van der Waals surface area contributed by atoms with Gasteiger partial charge in [0.25, 0.3) is 5.91 Å². The molecule has 1 fully saturated rings. The molecule has 0 spiro atoms. The number of fused-ring (bicyclic) bond motifs is 1. The zero-order valence-corrected chi connectivity index (χ0v) is 11.0. The Balaban J connectivity index is 1.60. The Morgan fingerprint density at radius 2 is 2.42 bits per heavy atom. The lowest BCUT2D eigenvalue weighted by Crippen LogP contribution is -2.51. The molecule has 1 amide bonds. The van der Waals surface area contributed by atoms with E-state index < -0.39 is 0 Å². The van der Waals surface area contributed by atoms with Gasteiger partial charge >= 0.3 is 0 Å². The van der Waals surface area contributed by atoms with Crippen LogP contribution in [0.25, 0.3) is 0 Å². The Hall–Kier alpha value is -1.75. The SMILES string of the molecule is Cc1cncc(C(=O)NCC2(N)CC=C3CC3C2)n1. The molecule has 2 atom stereocenters. The number of hydrogen-bond acceptors (Lipinski definition) is 4. The number of carbonyl (C=O) groups excluding carboxylic acids is 1. The number of nitrogens with one attached hydrogen (secondary N) is 1. The van der Waals surface area contributed by atoms with Crippen LogP contribution in [0, 0.1) is 12.8 Å². The number of amides is 1. The first-order valence-corrected chi connectivity index (χ1v) is 6.60. The molecule has 0 bridgehead atoms. The molecule has 1 aromatic rings. The average molecular weight is 258 g/mol. The van der Waals surface area contributed by atoms with Gasteiger partial charge < -0.3 is 11.1 Å². The minimum atomic E-state index is -0.308. The summed E-state index contributed by atoms with van der Waals surface area (Å²) in [5.74, 6) is 0.459. The normalized spacial score (nSPS) is 28.3. The van der Waals surface area contributed by atoms with E-state index in [1.807, 2.05) is 6.92 Å². The van der Waals surface area contributed by atoms with Crippen molar-refractivity contribution in [1.82, 2.24) is 15.3 Å². The minimum absolute atomic E-state index is 0.202. The fourth-order valence-electron chi connectivity index (χ4n) is 2.65. The molecular weight excluding hydrogens is 240 g/mol. The number of aromatic nitrogens is 2. The number of rotatable bonds is 3. The highest BCUT2D eigenvalue weighted by Gasteiger charge is 2.41. The van der Waals surface area contributed by atoms with E-state index in [1.165, 1.54) is 18.2 Å². The number of hydrogen-bond donors (Lipinski definition) is 2. The van der Waals surface area contributed by atoms with Crippen LogP contribution in [0.5, 0.6) is 0 Å². The van der Waals surface area contributed by atoms with Crippen molar-refractivity contribution >= 4 is 5.91 Å². The van der Waals surface area contributed by atoms with Gasteiger partial charge in [0.1, 0.15) is 5.69 Å². The van der Waals surface area contributed by atoms with Crippen molar-refractivity contribution in [3.63, 3.8) is 0 Å². The maximum atomic E-state index is 12.0. The van der Waals surface area contributed by atoms with Crippen LogP contribution in [0.15, 0.2) is 24.0 Å². The van der Waals surface area contributed by atoms with Crippen molar-refractivity contribution in [2.45, 2.75) is 31.7 Å². The van der Waals surface area contributed by atoms with Crippen LogP contribution in [0.1, 0.15) is 35.4 Å². The van der Waals surface area contributed by atoms with Crippen LogP contribution in [-0.4, -0.2) is 28.0 Å². The van der Waals surface area contributed by atoms with Crippen LogP contribution in [0.3, 0.4) is 0 Å². The monoisotopic (exact) mass is 258 g/mol. The Bertz CT molecular complexity index is 554. The van der Waals surface area contributed by atoms with Crippen molar-refractivity contribution in [2.75, 3.05) is 6.54 Å². The summed E-state index contributed by atoms with van der Waals surface area (Å²) in [4.78, 5) is 20.1. The number of carbonyl (C=O) groups is 1. The molecule has 19 heavy (non-hydrogen) atoms. The van der Waals surface area contributed by atoms with Gasteiger partial charge in [-0.1, -0.05) is 11.6 Å². The maximum absolute atomic E-state index is 12.0. The largest absolute Gasteiger partial charge is 0.349 e. The second kappa shape index (κ2) is 4.42. The lowest BCUT2D eigenvalue weighted by atomic mass is 9.86. The van der Waals surface area contributed by atoms with E-state index >= 15 is 0 Å². The highest BCUT2D eigenvalue weighted by atomic mass is 16.1. The fourth-order valence-corrected chi connectivity index (χ4v) is 2.65. The third-order valence-electron chi connectivity index (χ3n) is 3.86. The molecule has 2 aliphatic carbocycles. The molecule has 0 saturated heterocycles. The Morgan fingerprint density at radius 3 is 3.16 bits per heavy atom. The van der Waals surface area contributed by atoms with Gasteiger partial charge in [-0.15, -0.1) is 0 Å². The predicted octanol–water partition coefficient (Wildman–Crippen LogP) is 0.952. The summed E-state index contributed by atoms with van der Waals surface area (Å²) in [5, 5.41) is 2.88. The second-order valence-corrected chi connectivity index (χ2v) is 5.68. The Kier molecular flexibility index (Phi) is 2.86. The first kappa shape index (κ1) is 12.3. The molecule has 1 saturated carbocycles. The number of aryl methyl sites for hydroxylation is 1. The number of nitrogens with two attached hydrogens (primary N) is 1. The smallest absolute Gasteiger partial charge is 0.271 e. The zero-order valence-electron chi connectivity index (χ0n) is 11.0. The maximum Gasteiger partial charge on any atom is 0.271 e. The lowest BCUT2D eigenvalue weighted by molar-refractivity contribution is 0.0935. The molecule has 3 rings (SSSR count). The highest BCUT2D eigenvalue weighted by molar-refractivity contribution is 5.92. The van der Waals surface area contributed by atoms with E-state index in [9.17, 15) is 4.79 Å². The van der Waals surface area contributed by atoms with Crippen molar-refractivity contribution in [3.8, 4) is 0 Å². The van der Waals surface area contributed by atoms with Gasteiger partial charge in [-0.25, -0.2) is 4.98 Å². The third-order valence-corrected chi connectivity index (χ3v) is 3.86. The Morgan fingerprint density at radius 1 is 1.58 bits per heavy atom. The van der Waals surface area contributed by atoms with Gasteiger partial charge in [0.05, 0.1) is 11.9 Å².